The molecule has 246 valence electrons. The molecule has 0 aliphatic carbocycles. The van der Waals surface area contributed by atoms with Gasteiger partial charge in [0.2, 0.25) is 0 Å². The molecule has 0 fully saturated rings. The van der Waals surface area contributed by atoms with Crippen LogP contribution in [-0.4, -0.2) is 74.2 Å². The Morgan fingerprint density at radius 2 is 1.06 bits per heavy atom. The first-order valence-corrected chi connectivity index (χ1v) is 13.6. The van der Waals surface area contributed by atoms with E-state index in [0.717, 1.165) is 28.0 Å². The van der Waals surface area contributed by atoms with Gasteiger partial charge in [0.25, 0.3) is 0 Å². The summed E-state index contributed by atoms with van der Waals surface area (Å²) >= 11 is 0. The van der Waals surface area contributed by atoms with Gasteiger partial charge >= 0.3 is 257 Å². The van der Waals surface area contributed by atoms with E-state index < -0.39 is 61.8 Å². The molecule has 0 spiro atoms. The van der Waals surface area contributed by atoms with Gasteiger partial charge in [0.05, 0.1) is 67.4 Å². The number of fused-ring (bicyclic) bond motifs is 1. The van der Waals surface area contributed by atoms with Crippen LogP contribution in [0.15, 0.2) is 60.7 Å². The number of anilines is 2. The predicted octanol–water partition coefficient (Wildman–Crippen LogP) is -18.6. The van der Waals surface area contributed by atoms with E-state index in [1.807, 2.05) is 0 Å². The summed E-state index contributed by atoms with van der Waals surface area (Å²) in [6, 6.07) is 13.3. The molecule has 0 saturated carbocycles. The number of carboxylic acid groups (broad SMARTS) is 5. The molecule has 52 heavy (non-hydrogen) atoms. The van der Waals surface area contributed by atoms with Crippen molar-refractivity contribution in [1.29, 1.82) is 0 Å². The van der Waals surface area contributed by atoms with Crippen molar-refractivity contribution in [2.24, 2.45) is 0 Å². The molecule has 1 N–H and O–H groups in total. The van der Waals surface area contributed by atoms with Gasteiger partial charge in [-0.3, -0.25) is 0 Å². The number of nitrogens with one attached hydrogen (secondary N) is 1. The Morgan fingerprint density at radius 1 is 0.596 bits per heavy atom. The van der Waals surface area contributed by atoms with Crippen molar-refractivity contribution in [2.75, 3.05) is 49.2 Å². The number of hydrogen-bond donors (Lipinski definition) is 1. The second kappa shape index (κ2) is 27.5. The Balaban J connectivity index is 0. The summed E-state index contributed by atoms with van der Waals surface area (Å²) in [5, 5.41) is 57.1. The fourth-order valence-corrected chi connectivity index (χ4v) is 4.71. The molecule has 15 nitrogen and oxygen atoms in total. The number of nitrogens with zero attached hydrogens (tertiary/aromatic N) is 2. The van der Waals surface area contributed by atoms with Crippen LogP contribution in [0.3, 0.4) is 0 Å². The van der Waals surface area contributed by atoms with Gasteiger partial charge in [0.15, 0.2) is 0 Å². The van der Waals surface area contributed by atoms with E-state index in [0.29, 0.717) is 22.2 Å². The predicted molar refractivity (Wildman–Crippen MR) is 150 cm³/mol. The maximum atomic E-state index is 14.1. The van der Waals surface area contributed by atoms with Gasteiger partial charge < -0.3 is 73.8 Å². The Morgan fingerprint density at radius 3 is 1.52 bits per heavy atom. The van der Waals surface area contributed by atoms with E-state index in [4.69, 9.17) is 9.47 Å². The van der Waals surface area contributed by atoms with Crippen LogP contribution < -0.4 is 302 Å². The third-order valence-corrected chi connectivity index (χ3v) is 6.61. The molecule has 3 aromatic carbocycles. The molecule has 0 unspecified atom stereocenters. The average molecular weight is 844 g/mol. The maximum Gasteiger partial charge on any atom is 1.00 e. The first-order valence-electron chi connectivity index (χ1n) is 13.6. The largest absolute Gasteiger partial charge is 1.00 e. The van der Waals surface area contributed by atoms with E-state index in [2.05, 4.69) is 4.98 Å². The van der Waals surface area contributed by atoms with Crippen LogP contribution in [0.5, 0.6) is 11.5 Å². The number of rotatable bonds is 17. The first-order chi connectivity index (χ1) is 22.3. The van der Waals surface area contributed by atoms with Crippen LogP contribution in [0.25, 0.3) is 22.2 Å². The van der Waals surface area contributed by atoms with Crippen molar-refractivity contribution in [1.82, 2.24) is 4.98 Å². The number of carbonyl (C=O) groups is 5. The van der Waals surface area contributed by atoms with Crippen LogP contribution in [0.1, 0.15) is 10.4 Å². The monoisotopic (exact) mass is 843 g/mol. The molecule has 4 aromatic rings. The Kier molecular flexibility index (Phi) is 29.6. The number of carboxylic acids is 5. The fourth-order valence-electron chi connectivity index (χ4n) is 4.71. The van der Waals surface area contributed by atoms with Gasteiger partial charge in [-0.1, -0.05) is 18.2 Å². The molecule has 4 rings (SSSR count). The van der Waals surface area contributed by atoms with E-state index in [-0.39, 0.29) is 299 Å². The van der Waals surface area contributed by atoms with Crippen molar-refractivity contribution in [3.63, 3.8) is 0 Å². The Bertz CT molecular complexity index is 1830. The minimum Gasteiger partial charge on any atom is -0.548 e. The summed E-state index contributed by atoms with van der Waals surface area (Å²) in [5.74, 6) is -8.87. The number of carbonyl (C=O) groups excluding carboxylic acids is 5. The summed E-state index contributed by atoms with van der Waals surface area (Å²) in [6.45, 7) is -4.12. The Labute approximate surface area is 509 Å². The number of H-pyrrole nitrogens is 1. The number of aliphatic carboxylic acids is 4. The molecular formula is C31H23FK5N3O12. The SMILES string of the molecule is O=C([O-])CN(CC(=O)[O-])c1ccc(F)cc1OCCOc1cc(-c2cc3ccc(C(=O)[O-])cc3[nH]2)ccc1N(CC(=O)[O-])CC(=O)[O-].[K+].[K+].[K+].[K+].[K+]. The standard InChI is InChI=1S/C31H28FN3O12.5K/c32-20-4-6-24(35(15-29(40)41)16-30(42)43)26(12-20)47-8-7-46-25-11-18(3-5-23(25)34(13-27(36)37)14-28(38)39)21-9-17-1-2-19(31(44)45)10-22(17)33-21;;;;;/h1-6,9-12,33H,7-8,13-16H2,(H,36,37)(H,38,39)(H,40,41)(H,42,43)(H,44,45);;;;;/q;5*+1/p-5. The summed E-state index contributed by atoms with van der Waals surface area (Å²) in [6.07, 6.45) is 0. The zero-order valence-corrected chi connectivity index (χ0v) is 44.8. The van der Waals surface area contributed by atoms with Gasteiger partial charge in [-0.2, -0.15) is 0 Å². The Hall–Kier alpha value is 1.86. The van der Waals surface area contributed by atoms with Crippen molar-refractivity contribution < 1.29 is 320 Å². The molecule has 21 heteroatoms. The molecular weight excluding hydrogens is 821 g/mol. The summed E-state index contributed by atoms with van der Waals surface area (Å²) in [5.41, 5.74) is 1.27. The smallest absolute Gasteiger partial charge is 0.548 e. The van der Waals surface area contributed by atoms with Crippen LogP contribution in [-0.2, 0) is 19.2 Å². The van der Waals surface area contributed by atoms with Crippen LogP contribution in [0.4, 0.5) is 15.8 Å². The molecule has 1 heterocycles. The number of halogens is 1. The third kappa shape index (κ3) is 17.4. The molecule has 0 aliphatic rings. The van der Waals surface area contributed by atoms with E-state index in [9.17, 15) is 53.9 Å². The number of ether oxygens (including phenoxy) is 2. The van der Waals surface area contributed by atoms with Crippen molar-refractivity contribution in [2.45, 2.75) is 0 Å². The third-order valence-electron chi connectivity index (χ3n) is 6.61. The molecule has 0 atom stereocenters. The molecule has 0 saturated heterocycles. The van der Waals surface area contributed by atoms with E-state index in [1.54, 1.807) is 12.1 Å². The number of aromatic nitrogens is 1. The normalized spacial score (nSPS) is 9.71. The molecule has 1 aromatic heterocycles. The van der Waals surface area contributed by atoms with Gasteiger partial charge in [0.1, 0.15) is 30.5 Å². The molecule has 0 radical (unpaired) electrons. The zero-order chi connectivity index (χ0) is 34.2. The number of hydrogen-bond acceptors (Lipinski definition) is 14. The van der Waals surface area contributed by atoms with Gasteiger partial charge in [-0.15, -0.1) is 0 Å². The first kappa shape index (κ1) is 56.0. The van der Waals surface area contributed by atoms with Gasteiger partial charge in [-0.25, -0.2) is 4.39 Å². The number of benzene rings is 3. The van der Waals surface area contributed by atoms with E-state index >= 15 is 0 Å². The van der Waals surface area contributed by atoms with Crippen LogP contribution >= 0.6 is 0 Å². The second-order valence-corrected chi connectivity index (χ2v) is 9.96. The number of aromatic carboxylic acids is 1. The van der Waals surface area contributed by atoms with Gasteiger partial charge in [-0.05, 0) is 42.0 Å². The van der Waals surface area contributed by atoms with Crippen LogP contribution in [0, 0.1) is 5.82 Å². The van der Waals surface area contributed by atoms with E-state index in [1.165, 1.54) is 30.3 Å². The topological polar surface area (TPSA) is 241 Å². The quantitative estimate of drug-likeness (QED) is 0.0768. The fraction of sp³-hybridized carbons (Fsp3) is 0.194. The maximum absolute atomic E-state index is 14.1. The number of aromatic amines is 1. The zero-order valence-electron chi connectivity index (χ0n) is 29.2. The van der Waals surface area contributed by atoms with Crippen molar-refractivity contribution >= 4 is 52.1 Å². The average Bonchev–Trinajstić information content (AvgIpc) is 3.41. The van der Waals surface area contributed by atoms with Gasteiger partial charge in [0, 0.05) is 28.2 Å². The minimum absolute atomic E-state index is 0. The minimum atomic E-state index is -1.62. The van der Waals surface area contributed by atoms with Crippen molar-refractivity contribution in [3.05, 3.63) is 72.0 Å². The molecule has 0 bridgehead atoms. The molecule has 0 amide bonds. The summed E-state index contributed by atoms with van der Waals surface area (Å²) in [4.78, 5) is 61.3. The summed E-state index contributed by atoms with van der Waals surface area (Å²) in [7, 11) is 0. The summed E-state index contributed by atoms with van der Waals surface area (Å²) < 4.78 is 25.5. The van der Waals surface area contributed by atoms with Crippen molar-refractivity contribution in [3.8, 4) is 22.8 Å². The van der Waals surface area contributed by atoms with Crippen LogP contribution in [0.2, 0.25) is 0 Å². The molecule has 0 aliphatic heterocycles. The second-order valence-electron chi connectivity index (χ2n) is 9.96.